The molecule has 0 saturated carbocycles. The molecule has 0 amide bonds. The van der Waals surface area contributed by atoms with Crippen LogP contribution in [0.3, 0.4) is 0 Å². The molecule has 0 bridgehead atoms. The molecule has 0 spiro atoms. The van der Waals surface area contributed by atoms with Crippen LogP contribution < -0.4 is 0 Å². The maximum atomic E-state index is 11.9. The van der Waals surface area contributed by atoms with Crippen LogP contribution >= 0.6 is 0 Å². The molecule has 0 N–H and O–H groups in total. The minimum atomic E-state index is -0.530. The number of allylic oxidation sites excluding steroid dienone is 10. The zero-order chi connectivity index (χ0) is 14.0. The quantitative estimate of drug-likeness (QED) is 0.389. The van der Waals surface area contributed by atoms with Gasteiger partial charge < -0.3 is 0 Å². The van der Waals surface area contributed by atoms with Gasteiger partial charge >= 0.3 is 0 Å². The van der Waals surface area contributed by atoms with Crippen LogP contribution in [0.25, 0.3) is 0 Å². The van der Waals surface area contributed by atoms with Gasteiger partial charge in [0.05, 0.1) is 0 Å². The monoisotopic (exact) mass is 242 g/mol. The molecule has 0 aliphatic carbocycles. The first-order valence-electron chi connectivity index (χ1n) is 5.62. The fourth-order valence-electron chi connectivity index (χ4n) is 1.21. The lowest BCUT2D eigenvalue weighted by Crippen LogP contribution is -2.16. The highest BCUT2D eigenvalue weighted by Crippen LogP contribution is 2.07. The SMILES string of the molecule is C=C/C=C\C(=C/C)C(=O)C(=O)C(/C=C\C=C)=C/C. The minimum Gasteiger partial charge on any atom is -0.285 e. The van der Waals surface area contributed by atoms with E-state index < -0.39 is 11.6 Å². The molecule has 0 aromatic carbocycles. The van der Waals surface area contributed by atoms with E-state index in [4.69, 9.17) is 0 Å². The van der Waals surface area contributed by atoms with E-state index in [0.29, 0.717) is 11.1 Å². The van der Waals surface area contributed by atoms with Crippen LogP contribution in [-0.2, 0) is 9.59 Å². The van der Waals surface area contributed by atoms with Crippen molar-refractivity contribution in [2.24, 2.45) is 0 Å². The topological polar surface area (TPSA) is 34.1 Å². The van der Waals surface area contributed by atoms with E-state index in [0.717, 1.165) is 0 Å². The predicted octanol–water partition coefficient (Wildman–Crippen LogP) is 3.50. The second kappa shape index (κ2) is 8.88. The van der Waals surface area contributed by atoms with Crippen LogP contribution in [0.15, 0.2) is 72.9 Å². The zero-order valence-corrected chi connectivity index (χ0v) is 10.8. The Labute approximate surface area is 108 Å². The Morgan fingerprint density at radius 3 is 1.33 bits per heavy atom. The lowest BCUT2D eigenvalue weighted by Gasteiger charge is -2.01. The second-order valence-corrected chi connectivity index (χ2v) is 3.34. The summed E-state index contributed by atoms with van der Waals surface area (Å²) in [5.41, 5.74) is 0.706. The fourth-order valence-corrected chi connectivity index (χ4v) is 1.21. The fraction of sp³-hybridized carbons (Fsp3) is 0.125. The predicted molar refractivity (Wildman–Crippen MR) is 76.2 cm³/mol. The molecule has 0 aromatic rings. The molecule has 0 fully saturated rings. The highest BCUT2D eigenvalue weighted by atomic mass is 16.2. The molecule has 0 atom stereocenters. The summed E-state index contributed by atoms with van der Waals surface area (Å²) in [6, 6.07) is 0. The van der Waals surface area contributed by atoms with E-state index in [2.05, 4.69) is 13.2 Å². The Hall–Kier alpha value is -2.22. The van der Waals surface area contributed by atoms with E-state index in [1.54, 1.807) is 62.5 Å². The van der Waals surface area contributed by atoms with Gasteiger partial charge in [0.15, 0.2) is 0 Å². The largest absolute Gasteiger partial charge is 0.285 e. The number of carbonyl (C=O) groups excluding carboxylic acids is 2. The van der Waals surface area contributed by atoms with Crippen molar-refractivity contribution < 1.29 is 9.59 Å². The molecule has 0 rings (SSSR count). The van der Waals surface area contributed by atoms with Crippen molar-refractivity contribution in [3.05, 3.63) is 72.9 Å². The third kappa shape index (κ3) is 4.74. The standard InChI is InChI=1S/C16H18O2/c1-5-9-11-13(7-3)15(17)16(18)14(8-4)12-10-6-2/h5-12H,1-2H2,3-4H3/b11-9-,12-10-,13-7+,14-8+. The minimum absolute atomic E-state index is 0.353. The van der Waals surface area contributed by atoms with Crippen molar-refractivity contribution in [3.63, 3.8) is 0 Å². The Balaban J connectivity index is 5.14. The van der Waals surface area contributed by atoms with E-state index >= 15 is 0 Å². The highest BCUT2D eigenvalue weighted by Gasteiger charge is 2.18. The number of Topliss-reactive ketones (excluding diaryl/α,β-unsaturated/α-hetero) is 2. The third-order valence-electron chi connectivity index (χ3n) is 2.18. The molecule has 0 aliphatic heterocycles. The number of carbonyl (C=O) groups is 2. The Morgan fingerprint density at radius 1 is 0.778 bits per heavy atom. The number of ketones is 2. The van der Waals surface area contributed by atoms with E-state index in [9.17, 15) is 9.59 Å². The number of hydrogen-bond donors (Lipinski definition) is 0. The summed E-state index contributed by atoms with van der Waals surface area (Å²) in [5, 5.41) is 0. The van der Waals surface area contributed by atoms with Gasteiger partial charge in [-0.05, 0) is 13.8 Å². The summed E-state index contributed by atoms with van der Waals surface area (Å²) in [5.74, 6) is -1.06. The first-order valence-corrected chi connectivity index (χ1v) is 5.62. The van der Waals surface area contributed by atoms with Gasteiger partial charge in [-0.3, -0.25) is 9.59 Å². The van der Waals surface area contributed by atoms with Crippen LogP contribution in [0.1, 0.15) is 13.8 Å². The summed E-state index contributed by atoms with van der Waals surface area (Å²) < 4.78 is 0. The van der Waals surface area contributed by atoms with Crippen LogP contribution in [-0.4, -0.2) is 11.6 Å². The number of rotatable bonds is 7. The summed E-state index contributed by atoms with van der Waals surface area (Å²) in [7, 11) is 0. The lowest BCUT2D eigenvalue weighted by molar-refractivity contribution is -0.131. The summed E-state index contributed by atoms with van der Waals surface area (Å²) >= 11 is 0. The van der Waals surface area contributed by atoms with Gasteiger partial charge in [-0.15, -0.1) is 0 Å². The average Bonchev–Trinajstić information content (AvgIpc) is 2.39. The molecule has 2 heteroatoms. The molecule has 0 radical (unpaired) electrons. The van der Waals surface area contributed by atoms with Crippen molar-refractivity contribution in [1.82, 2.24) is 0 Å². The normalized spacial score (nSPS) is 13.0. The van der Waals surface area contributed by atoms with Crippen molar-refractivity contribution in [2.75, 3.05) is 0 Å². The molecular formula is C16H18O2. The van der Waals surface area contributed by atoms with Gasteiger partial charge in [0.1, 0.15) is 0 Å². The van der Waals surface area contributed by atoms with Gasteiger partial charge in [-0.1, -0.05) is 61.8 Å². The molecule has 18 heavy (non-hydrogen) atoms. The Morgan fingerprint density at radius 2 is 1.11 bits per heavy atom. The van der Waals surface area contributed by atoms with Crippen molar-refractivity contribution in [3.8, 4) is 0 Å². The molecule has 0 heterocycles. The van der Waals surface area contributed by atoms with Gasteiger partial charge in [0.25, 0.3) is 0 Å². The first-order chi connectivity index (χ1) is 8.62. The van der Waals surface area contributed by atoms with E-state index in [1.807, 2.05) is 0 Å². The molecule has 2 nitrogen and oxygen atoms in total. The van der Waals surface area contributed by atoms with Gasteiger partial charge in [-0.25, -0.2) is 0 Å². The van der Waals surface area contributed by atoms with Crippen LogP contribution in [0.5, 0.6) is 0 Å². The summed E-state index contributed by atoms with van der Waals surface area (Å²) in [4.78, 5) is 23.9. The van der Waals surface area contributed by atoms with Crippen LogP contribution in [0, 0.1) is 0 Å². The average molecular weight is 242 g/mol. The van der Waals surface area contributed by atoms with Crippen LogP contribution in [0.4, 0.5) is 0 Å². The summed E-state index contributed by atoms with van der Waals surface area (Å²) in [6.07, 6.45) is 12.7. The zero-order valence-electron chi connectivity index (χ0n) is 10.8. The molecular weight excluding hydrogens is 224 g/mol. The summed E-state index contributed by atoms with van der Waals surface area (Å²) in [6.45, 7) is 10.5. The van der Waals surface area contributed by atoms with Crippen LogP contribution in [0.2, 0.25) is 0 Å². The van der Waals surface area contributed by atoms with Gasteiger partial charge in [0.2, 0.25) is 11.6 Å². The van der Waals surface area contributed by atoms with Crippen molar-refractivity contribution in [2.45, 2.75) is 13.8 Å². The first kappa shape index (κ1) is 15.8. The molecule has 0 aromatic heterocycles. The molecule has 0 unspecified atom stereocenters. The molecule has 0 saturated heterocycles. The Bertz CT molecular complexity index is 413. The van der Waals surface area contributed by atoms with Crippen molar-refractivity contribution >= 4 is 11.6 Å². The third-order valence-corrected chi connectivity index (χ3v) is 2.18. The lowest BCUT2D eigenvalue weighted by atomic mass is 10.0. The van der Waals surface area contributed by atoms with E-state index in [-0.39, 0.29) is 0 Å². The number of hydrogen-bond acceptors (Lipinski definition) is 2. The second-order valence-electron chi connectivity index (χ2n) is 3.34. The smallest absolute Gasteiger partial charge is 0.233 e. The Kier molecular flexibility index (Phi) is 7.78. The van der Waals surface area contributed by atoms with Crippen molar-refractivity contribution in [1.29, 1.82) is 0 Å². The molecule has 94 valence electrons. The highest BCUT2D eigenvalue weighted by molar-refractivity contribution is 6.50. The maximum Gasteiger partial charge on any atom is 0.233 e. The maximum absolute atomic E-state index is 11.9. The molecule has 0 aliphatic rings. The van der Waals surface area contributed by atoms with E-state index in [1.165, 1.54) is 0 Å². The van der Waals surface area contributed by atoms with Gasteiger partial charge in [-0.2, -0.15) is 0 Å². The van der Waals surface area contributed by atoms with Gasteiger partial charge in [0, 0.05) is 11.1 Å².